The van der Waals surface area contributed by atoms with Gasteiger partial charge in [-0.05, 0) is 19.3 Å². The van der Waals surface area contributed by atoms with Gasteiger partial charge in [-0.1, -0.05) is 11.6 Å². The van der Waals surface area contributed by atoms with Crippen molar-refractivity contribution in [1.82, 2.24) is 23.7 Å². The molecule has 10 heteroatoms. The van der Waals surface area contributed by atoms with Gasteiger partial charge in [0.05, 0.1) is 0 Å². The summed E-state index contributed by atoms with van der Waals surface area (Å²) in [5.74, 6) is 1.63. The number of aromatic nitrogens is 2. The molecule has 2 aliphatic rings. The van der Waals surface area contributed by atoms with E-state index in [9.17, 15) is 13.2 Å². The molecule has 0 N–H and O–H groups in total. The van der Waals surface area contributed by atoms with E-state index in [1.54, 1.807) is 4.90 Å². The second-order valence-corrected chi connectivity index (χ2v) is 9.37. The summed E-state index contributed by atoms with van der Waals surface area (Å²) in [4.78, 5) is 18.3. The number of hydrogen-bond donors (Lipinski definition) is 0. The molecule has 0 bridgehead atoms. The third-order valence-electron chi connectivity index (χ3n) is 5.27. The van der Waals surface area contributed by atoms with Crippen LogP contribution in [-0.4, -0.2) is 77.7 Å². The van der Waals surface area contributed by atoms with Crippen molar-refractivity contribution >= 4 is 16.1 Å². The molecule has 1 saturated heterocycles. The predicted molar refractivity (Wildman–Crippen MR) is 94.6 cm³/mol. The first-order valence-electron chi connectivity index (χ1n) is 9.06. The van der Waals surface area contributed by atoms with Crippen LogP contribution in [0.25, 0.3) is 0 Å². The molecule has 3 rings (SSSR count). The molecule has 1 atom stereocenters. The Morgan fingerprint density at radius 3 is 2.62 bits per heavy atom. The van der Waals surface area contributed by atoms with E-state index in [1.807, 2.05) is 0 Å². The molecule has 26 heavy (non-hydrogen) atoms. The molecule has 1 unspecified atom stereocenters. The van der Waals surface area contributed by atoms with Crippen LogP contribution in [0.3, 0.4) is 0 Å². The van der Waals surface area contributed by atoms with Gasteiger partial charge in [0.25, 0.3) is 10.2 Å². The van der Waals surface area contributed by atoms with E-state index in [-0.39, 0.29) is 11.9 Å². The Hall–Kier alpha value is -1.52. The van der Waals surface area contributed by atoms with Crippen LogP contribution >= 0.6 is 0 Å². The molecule has 0 spiro atoms. The Labute approximate surface area is 154 Å². The Bertz CT molecular complexity index is 744. The lowest BCUT2D eigenvalue weighted by atomic mass is 9.85. The van der Waals surface area contributed by atoms with Gasteiger partial charge < -0.3 is 9.42 Å². The first-order chi connectivity index (χ1) is 12.3. The van der Waals surface area contributed by atoms with Crippen molar-refractivity contribution in [1.29, 1.82) is 0 Å². The van der Waals surface area contributed by atoms with Crippen LogP contribution in [0.1, 0.15) is 50.2 Å². The normalized spacial score (nSPS) is 21.9. The highest BCUT2D eigenvalue weighted by Crippen LogP contribution is 2.35. The lowest BCUT2D eigenvalue weighted by Gasteiger charge is -2.28. The number of amides is 1. The van der Waals surface area contributed by atoms with Gasteiger partial charge in [-0.3, -0.25) is 4.79 Å². The maximum atomic E-state index is 12.3. The summed E-state index contributed by atoms with van der Waals surface area (Å²) >= 11 is 0. The summed E-state index contributed by atoms with van der Waals surface area (Å²) in [6, 6.07) is -0.125. The molecule has 1 aliphatic heterocycles. The minimum atomic E-state index is -3.45. The molecule has 1 aromatic heterocycles. The second kappa shape index (κ2) is 7.61. The van der Waals surface area contributed by atoms with Gasteiger partial charge in [0.15, 0.2) is 5.82 Å². The van der Waals surface area contributed by atoms with E-state index >= 15 is 0 Å². The molecule has 9 nitrogen and oxygen atoms in total. The van der Waals surface area contributed by atoms with E-state index in [0.717, 1.165) is 12.8 Å². The largest absolute Gasteiger partial charge is 0.339 e. The minimum absolute atomic E-state index is 0.0678. The van der Waals surface area contributed by atoms with Gasteiger partial charge in [0, 0.05) is 59.0 Å². The zero-order valence-corrected chi connectivity index (χ0v) is 16.4. The van der Waals surface area contributed by atoms with Crippen LogP contribution in [0.15, 0.2) is 4.52 Å². The molecule has 1 amide bonds. The van der Waals surface area contributed by atoms with Gasteiger partial charge in [-0.15, -0.1) is 0 Å². The Morgan fingerprint density at radius 2 is 2.04 bits per heavy atom. The predicted octanol–water partition coefficient (Wildman–Crippen LogP) is 0.609. The molecule has 0 radical (unpaired) electrons. The van der Waals surface area contributed by atoms with Gasteiger partial charge in [-0.25, -0.2) is 0 Å². The fourth-order valence-electron chi connectivity index (χ4n) is 3.41. The smallest absolute Gasteiger partial charge is 0.281 e. The molecule has 1 aromatic rings. The fraction of sp³-hybridized carbons (Fsp3) is 0.812. The van der Waals surface area contributed by atoms with Crippen LogP contribution in [0.5, 0.6) is 0 Å². The summed E-state index contributed by atoms with van der Waals surface area (Å²) in [6.45, 7) is 2.71. The SMILES string of the molecule is CC(=O)N(CCc1noc(C2CCC2)n1)C1CCN(S(=O)(=O)N(C)C)C1. The molecule has 146 valence electrons. The zero-order valence-electron chi connectivity index (χ0n) is 15.6. The zero-order chi connectivity index (χ0) is 18.9. The maximum absolute atomic E-state index is 12.3. The number of carbonyl (C=O) groups excluding carboxylic acids is 1. The van der Waals surface area contributed by atoms with E-state index in [0.29, 0.717) is 50.1 Å². The Balaban J connectivity index is 1.59. The van der Waals surface area contributed by atoms with Crippen molar-refractivity contribution in [2.45, 2.75) is 51.0 Å². The van der Waals surface area contributed by atoms with Crippen molar-refractivity contribution in [2.75, 3.05) is 33.7 Å². The molecule has 2 heterocycles. The van der Waals surface area contributed by atoms with Crippen molar-refractivity contribution in [3.8, 4) is 0 Å². The first-order valence-corrected chi connectivity index (χ1v) is 10.5. The van der Waals surface area contributed by atoms with Gasteiger partial charge in [0.1, 0.15) is 0 Å². The molecule has 2 fully saturated rings. The van der Waals surface area contributed by atoms with Gasteiger partial charge in [0.2, 0.25) is 11.8 Å². The Morgan fingerprint density at radius 1 is 1.31 bits per heavy atom. The van der Waals surface area contributed by atoms with Crippen LogP contribution < -0.4 is 0 Å². The van der Waals surface area contributed by atoms with Gasteiger partial charge >= 0.3 is 0 Å². The molecular weight excluding hydrogens is 358 g/mol. The van der Waals surface area contributed by atoms with Gasteiger partial charge in [-0.2, -0.15) is 22.0 Å². The highest BCUT2D eigenvalue weighted by Gasteiger charge is 2.36. The van der Waals surface area contributed by atoms with Crippen LogP contribution in [0.4, 0.5) is 0 Å². The topological polar surface area (TPSA) is 99.9 Å². The standard InChI is InChI=1S/C16H27N5O4S/c1-12(22)21(14-7-9-20(11-14)26(23,24)19(2)3)10-8-15-17-16(25-18-15)13-5-4-6-13/h13-14H,4-11H2,1-3H3. The number of hydrogen-bond acceptors (Lipinski definition) is 6. The minimum Gasteiger partial charge on any atom is -0.339 e. The third kappa shape index (κ3) is 3.91. The van der Waals surface area contributed by atoms with E-state index in [1.165, 1.54) is 36.1 Å². The fourth-order valence-corrected chi connectivity index (χ4v) is 4.57. The summed E-state index contributed by atoms with van der Waals surface area (Å²) < 4.78 is 32.5. The first kappa shape index (κ1) is 19.2. The van der Waals surface area contributed by atoms with Crippen LogP contribution in [0, 0.1) is 0 Å². The van der Waals surface area contributed by atoms with E-state index in [2.05, 4.69) is 10.1 Å². The lowest BCUT2D eigenvalue weighted by molar-refractivity contribution is -0.130. The van der Waals surface area contributed by atoms with Crippen molar-refractivity contribution in [3.63, 3.8) is 0 Å². The maximum Gasteiger partial charge on any atom is 0.281 e. The molecule has 1 aliphatic carbocycles. The molecule has 0 aromatic carbocycles. The highest BCUT2D eigenvalue weighted by molar-refractivity contribution is 7.86. The average Bonchev–Trinajstić information content (AvgIpc) is 3.15. The van der Waals surface area contributed by atoms with Crippen LogP contribution in [0.2, 0.25) is 0 Å². The number of rotatable bonds is 7. The monoisotopic (exact) mass is 385 g/mol. The molecule has 1 saturated carbocycles. The van der Waals surface area contributed by atoms with Crippen molar-refractivity contribution < 1.29 is 17.7 Å². The summed E-state index contributed by atoms with van der Waals surface area (Å²) in [7, 11) is -0.419. The highest BCUT2D eigenvalue weighted by atomic mass is 32.2. The number of carbonyl (C=O) groups is 1. The van der Waals surface area contributed by atoms with Crippen LogP contribution in [-0.2, 0) is 21.4 Å². The summed E-state index contributed by atoms with van der Waals surface area (Å²) in [5, 5.41) is 4.02. The van der Waals surface area contributed by atoms with E-state index in [4.69, 9.17) is 4.52 Å². The molecular formula is C16H27N5O4S. The lowest BCUT2D eigenvalue weighted by Crippen LogP contribution is -2.44. The van der Waals surface area contributed by atoms with E-state index < -0.39 is 10.2 Å². The summed E-state index contributed by atoms with van der Waals surface area (Å²) in [5.41, 5.74) is 0. The van der Waals surface area contributed by atoms with Crippen molar-refractivity contribution in [2.24, 2.45) is 0 Å². The quantitative estimate of drug-likeness (QED) is 0.682. The Kier molecular flexibility index (Phi) is 5.64. The average molecular weight is 385 g/mol. The summed E-state index contributed by atoms with van der Waals surface area (Å²) in [6.07, 6.45) is 4.53. The third-order valence-corrected chi connectivity index (χ3v) is 7.18. The number of nitrogens with zero attached hydrogens (tertiary/aromatic N) is 5. The van der Waals surface area contributed by atoms with Crippen molar-refractivity contribution in [3.05, 3.63) is 11.7 Å². The second-order valence-electron chi connectivity index (χ2n) is 7.23.